The lowest BCUT2D eigenvalue weighted by Crippen LogP contribution is -2.28. The highest BCUT2D eigenvalue weighted by Gasteiger charge is 2.42. The lowest BCUT2D eigenvalue weighted by Gasteiger charge is -2.24. The molecule has 1 fully saturated rings. The molecule has 0 aromatic heterocycles. The van der Waals surface area contributed by atoms with E-state index < -0.39 is 0 Å². The van der Waals surface area contributed by atoms with Gasteiger partial charge < -0.3 is 10.0 Å². The maximum atomic E-state index is 9.28. The van der Waals surface area contributed by atoms with Crippen molar-refractivity contribution >= 4 is 5.69 Å². The van der Waals surface area contributed by atoms with Gasteiger partial charge >= 0.3 is 0 Å². The first-order chi connectivity index (χ1) is 7.15. The van der Waals surface area contributed by atoms with E-state index in [2.05, 4.69) is 43.1 Å². The molecule has 15 heavy (non-hydrogen) atoms. The fourth-order valence-corrected chi connectivity index (χ4v) is 2.00. The van der Waals surface area contributed by atoms with Gasteiger partial charge in [0.05, 0.1) is 6.61 Å². The van der Waals surface area contributed by atoms with Crippen LogP contribution in [0, 0.1) is 12.3 Å². The largest absolute Gasteiger partial charge is 0.396 e. The van der Waals surface area contributed by atoms with Gasteiger partial charge in [0.1, 0.15) is 0 Å². The average molecular weight is 205 g/mol. The van der Waals surface area contributed by atoms with Gasteiger partial charge in [-0.2, -0.15) is 0 Å². The Balaban J connectivity index is 2.04. The van der Waals surface area contributed by atoms with Crippen LogP contribution in [0.25, 0.3) is 0 Å². The number of anilines is 1. The number of benzene rings is 1. The van der Waals surface area contributed by atoms with Crippen molar-refractivity contribution in [2.45, 2.75) is 19.8 Å². The van der Waals surface area contributed by atoms with E-state index in [1.807, 2.05) is 0 Å². The number of aliphatic hydroxyl groups is 1. The number of nitrogens with zero attached hydrogens (tertiary/aromatic N) is 1. The Morgan fingerprint density at radius 3 is 2.67 bits per heavy atom. The van der Waals surface area contributed by atoms with E-state index in [-0.39, 0.29) is 5.41 Å². The molecule has 0 bridgehead atoms. The van der Waals surface area contributed by atoms with Crippen LogP contribution in [0.5, 0.6) is 0 Å². The number of aliphatic hydroxyl groups excluding tert-OH is 1. The van der Waals surface area contributed by atoms with Gasteiger partial charge in [-0.05, 0) is 37.5 Å². The molecule has 1 N–H and O–H groups in total. The smallest absolute Gasteiger partial charge is 0.0504 e. The fraction of sp³-hybridized carbons (Fsp3) is 0.538. The van der Waals surface area contributed by atoms with E-state index in [1.165, 1.54) is 24.1 Å². The van der Waals surface area contributed by atoms with E-state index in [1.54, 1.807) is 0 Å². The van der Waals surface area contributed by atoms with Crippen LogP contribution in [0.2, 0.25) is 0 Å². The molecule has 0 heterocycles. The summed E-state index contributed by atoms with van der Waals surface area (Å²) in [5.41, 5.74) is 2.72. The molecule has 1 saturated carbocycles. The lowest BCUT2D eigenvalue weighted by molar-refractivity contribution is 0.215. The molecule has 0 radical (unpaired) electrons. The number of hydrogen-bond donors (Lipinski definition) is 1. The number of hydrogen-bond acceptors (Lipinski definition) is 2. The van der Waals surface area contributed by atoms with Gasteiger partial charge in [-0.1, -0.05) is 12.1 Å². The maximum Gasteiger partial charge on any atom is 0.0504 e. The summed E-state index contributed by atoms with van der Waals surface area (Å²) in [6.45, 7) is 3.40. The predicted molar refractivity (Wildman–Crippen MR) is 63.2 cm³/mol. The summed E-state index contributed by atoms with van der Waals surface area (Å²) in [6, 6.07) is 8.50. The monoisotopic (exact) mass is 205 g/mol. The molecule has 0 aliphatic heterocycles. The Morgan fingerprint density at radius 1 is 1.40 bits per heavy atom. The third-order valence-corrected chi connectivity index (χ3v) is 3.31. The minimum Gasteiger partial charge on any atom is -0.396 e. The quantitative estimate of drug-likeness (QED) is 0.814. The van der Waals surface area contributed by atoms with Crippen LogP contribution in [0.15, 0.2) is 24.3 Å². The maximum absolute atomic E-state index is 9.28. The molecule has 1 aromatic rings. The van der Waals surface area contributed by atoms with E-state index in [0.29, 0.717) is 6.61 Å². The molecular formula is C13H19NO. The van der Waals surface area contributed by atoms with E-state index >= 15 is 0 Å². The SMILES string of the molecule is Cc1cccc(N(C)CC2(CO)CC2)c1. The van der Waals surface area contributed by atoms with Gasteiger partial charge in [-0.25, -0.2) is 0 Å². The second-order valence-corrected chi connectivity index (χ2v) is 4.85. The predicted octanol–water partition coefficient (Wildman–Crippen LogP) is 2.20. The Kier molecular flexibility index (Phi) is 2.70. The summed E-state index contributed by atoms with van der Waals surface area (Å²) in [4.78, 5) is 2.25. The molecule has 2 nitrogen and oxygen atoms in total. The third-order valence-electron chi connectivity index (χ3n) is 3.31. The first kappa shape index (κ1) is 10.5. The van der Waals surface area contributed by atoms with Crippen molar-refractivity contribution in [2.24, 2.45) is 5.41 Å². The van der Waals surface area contributed by atoms with Crippen molar-refractivity contribution in [2.75, 3.05) is 25.1 Å². The van der Waals surface area contributed by atoms with Gasteiger partial charge in [0.15, 0.2) is 0 Å². The van der Waals surface area contributed by atoms with Crippen molar-refractivity contribution in [3.63, 3.8) is 0 Å². The minimum absolute atomic E-state index is 0.193. The molecule has 0 atom stereocenters. The second-order valence-electron chi connectivity index (χ2n) is 4.85. The summed E-state index contributed by atoms with van der Waals surface area (Å²) in [5.74, 6) is 0. The van der Waals surface area contributed by atoms with Gasteiger partial charge in [-0.3, -0.25) is 0 Å². The molecule has 82 valence electrons. The zero-order valence-corrected chi connectivity index (χ0v) is 9.53. The summed E-state index contributed by atoms with van der Waals surface area (Å²) < 4.78 is 0. The van der Waals surface area contributed by atoms with Gasteiger partial charge in [0, 0.05) is 24.7 Å². The van der Waals surface area contributed by atoms with Crippen LogP contribution in [0.1, 0.15) is 18.4 Å². The first-order valence-corrected chi connectivity index (χ1v) is 5.54. The molecule has 2 heteroatoms. The van der Waals surface area contributed by atoms with Crippen molar-refractivity contribution in [3.8, 4) is 0 Å². The van der Waals surface area contributed by atoms with Crippen LogP contribution in [-0.4, -0.2) is 25.3 Å². The Morgan fingerprint density at radius 2 is 2.13 bits per heavy atom. The van der Waals surface area contributed by atoms with Crippen molar-refractivity contribution < 1.29 is 5.11 Å². The van der Waals surface area contributed by atoms with Crippen LogP contribution in [0.4, 0.5) is 5.69 Å². The molecule has 1 aliphatic carbocycles. The molecular weight excluding hydrogens is 186 g/mol. The number of rotatable bonds is 4. The lowest BCUT2D eigenvalue weighted by atomic mass is 10.1. The fourth-order valence-electron chi connectivity index (χ4n) is 2.00. The zero-order valence-electron chi connectivity index (χ0n) is 9.53. The highest BCUT2D eigenvalue weighted by molar-refractivity contribution is 5.48. The molecule has 0 unspecified atom stereocenters. The Hall–Kier alpha value is -1.02. The Labute approximate surface area is 91.5 Å². The summed E-state index contributed by atoms with van der Waals surface area (Å²) in [6.07, 6.45) is 2.33. The van der Waals surface area contributed by atoms with E-state index in [9.17, 15) is 5.11 Å². The summed E-state index contributed by atoms with van der Waals surface area (Å²) in [7, 11) is 2.10. The van der Waals surface area contributed by atoms with Gasteiger partial charge in [-0.15, -0.1) is 0 Å². The van der Waals surface area contributed by atoms with Crippen LogP contribution < -0.4 is 4.90 Å². The van der Waals surface area contributed by atoms with Gasteiger partial charge in [0.25, 0.3) is 0 Å². The topological polar surface area (TPSA) is 23.5 Å². The van der Waals surface area contributed by atoms with Gasteiger partial charge in [0.2, 0.25) is 0 Å². The van der Waals surface area contributed by atoms with Crippen molar-refractivity contribution in [1.82, 2.24) is 0 Å². The van der Waals surface area contributed by atoms with Crippen molar-refractivity contribution in [3.05, 3.63) is 29.8 Å². The molecule has 0 amide bonds. The van der Waals surface area contributed by atoms with Crippen molar-refractivity contribution in [1.29, 1.82) is 0 Å². The highest BCUT2D eigenvalue weighted by atomic mass is 16.3. The normalized spacial score (nSPS) is 17.5. The van der Waals surface area contributed by atoms with Crippen LogP contribution in [-0.2, 0) is 0 Å². The average Bonchev–Trinajstić information content (AvgIpc) is 2.98. The van der Waals surface area contributed by atoms with Crippen LogP contribution in [0.3, 0.4) is 0 Å². The van der Waals surface area contributed by atoms with Crippen LogP contribution >= 0.6 is 0 Å². The number of aryl methyl sites for hydroxylation is 1. The Bertz CT molecular complexity index is 344. The highest BCUT2D eigenvalue weighted by Crippen LogP contribution is 2.45. The molecule has 0 saturated heterocycles. The minimum atomic E-state index is 0.193. The summed E-state index contributed by atoms with van der Waals surface area (Å²) >= 11 is 0. The molecule has 1 aliphatic rings. The first-order valence-electron chi connectivity index (χ1n) is 5.54. The van der Waals surface area contributed by atoms with E-state index in [0.717, 1.165) is 6.54 Å². The third kappa shape index (κ3) is 2.32. The van der Waals surface area contributed by atoms with E-state index in [4.69, 9.17) is 0 Å². The molecule has 0 spiro atoms. The molecule has 2 rings (SSSR count). The standard InChI is InChI=1S/C13H19NO/c1-11-4-3-5-12(8-11)14(2)9-13(10-15)6-7-13/h3-5,8,15H,6-7,9-10H2,1-2H3. The second kappa shape index (κ2) is 3.86. The molecule has 1 aromatic carbocycles. The summed E-state index contributed by atoms with van der Waals surface area (Å²) in [5, 5.41) is 9.28. The zero-order chi connectivity index (χ0) is 10.9.